The molecule has 108 valence electrons. The summed E-state index contributed by atoms with van der Waals surface area (Å²) in [5.74, 6) is -1.45. The number of carboxylic acids is 1. The number of amides is 1. The summed E-state index contributed by atoms with van der Waals surface area (Å²) < 4.78 is 10.3. The fourth-order valence-electron chi connectivity index (χ4n) is 1.72. The quantitative estimate of drug-likeness (QED) is 0.712. The second-order valence-corrected chi connectivity index (χ2v) is 4.29. The highest BCUT2D eigenvalue weighted by atomic mass is 16.5. The average molecular weight is 281 g/mol. The first kappa shape index (κ1) is 14.4. The molecular formula is C12H15N3O5. The van der Waals surface area contributed by atoms with Crippen molar-refractivity contribution in [2.75, 3.05) is 33.4 Å². The van der Waals surface area contributed by atoms with Gasteiger partial charge in [-0.05, 0) is 0 Å². The van der Waals surface area contributed by atoms with Crippen LogP contribution in [0.1, 0.15) is 21.0 Å². The van der Waals surface area contributed by atoms with Gasteiger partial charge in [-0.3, -0.25) is 4.79 Å². The summed E-state index contributed by atoms with van der Waals surface area (Å²) in [5, 5.41) is 8.69. The van der Waals surface area contributed by atoms with Crippen molar-refractivity contribution in [3.63, 3.8) is 0 Å². The number of carboxylic acid groups (broad SMARTS) is 1. The van der Waals surface area contributed by atoms with Crippen molar-refractivity contribution in [3.05, 3.63) is 23.8 Å². The van der Waals surface area contributed by atoms with E-state index in [2.05, 4.69) is 9.97 Å². The molecule has 8 nitrogen and oxygen atoms in total. The van der Waals surface area contributed by atoms with Crippen molar-refractivity contribution in [2.45, 2.75) is 6.10 Å². The summed E-state index contributed by atoms with van der Waals surface area (Å²) in [6.45, 7) is 2.00. The molecule has 0 radical (unpaired) electrons. The molecule has 1 aromatic heterocycles. The van der Waals surface area contributed by atoms with E-state index in [1.54, 1.807) is 12.0 Å². The van der Waals surface area contributed by atoms with Gasteiger partial charge in [0.1, 0.15) is 5.69 Å². The third-order valence-corrected chi connectivity index (χ3v) is 2.87. The molecule has 0 spiro atoms. The fraction of sp³-hybridized carbons (Fsp3) is 0.500. The number of carbonyl (C=O) groups excluding carboxylic acids is 1. The molecule has 0 atom stereocenters. The van der Waals surface area contributed by atoms with Gasteiger partial charge in [-0.15, -0.1) is 0 Å². The summed E-state index contributed by atoms with van der Waals surface area (Å²) in [6, 6.07) is 0. The zero-order valence-corrected chi connectivity index (χ0v) is 11.0. The Balaban J connectivity index is 1.83. The number of rotatable bonds is 6. The van der Waals surface area contributed by atoms with E-state index in [1.807, 2.05) is 0 Å². The predicted octanol–water partition coefficient (Wildman–Crippen LogP) is -0.338. The number of nitrogens with zero attached hydrogens (tertiary/aromatic N) is 3. The van der Waals surface area contributed by atoms with E-state index < -0.39 is 5.97 Å². The molecule has 8 heteroatoms. The molecule has 1 aliphatic heterocycles. The SMILES string of the molecule is COCCOC1CN(C(=O)c2cnc(C(=O)O)cn2)C1. The van der Waals surface area contributed by atoms with Crippen molar-refractivity contribution in [3.8, 4) is 0 Å². The Morgan fingerprint density at radius 1 is 1.30 bits per heavy atom. The molecule has 1 saturated heterocycles. The maximum absolute atomic E-state index is 12.0. The summed E-state index contributed by atoms with van der Waals surface area (Å²) >= 11 is 0. The summed E-state index contributed by atoms with van der Waals surface area (Å²) in [5.41, 5.74) is -0.0590. The molecule has 0 saturated carbocycles. The minimum Gasteiger partial charge on any atom is -0.476 e. The molecule has 0 aliphatic carbocycles. The second kappa shape index (κ2) is 6.40. The Morgan fingerprint density at radius 2 is 1.95 bits per heavy atom. The van der Waals surface area contributed by atoms with E-state index in [1.165, 1.54) is 6.20 Å². The molecule has 1 N–H and O–H groups in total. The van der Waals surface area contributed by atoms with Crippen LogP contribution in [0.3, 0.4) is 0 Å². The van der Waals surface area contributed by atoms with Gasteiger partial charge in [0.05, 0.1) is 31.7 Å². The summed E-state index contributed by atoms with van der Waals surface area (Å²) in [7, 11) is 1.60. The van der Waals surface area contributed by atoms with Crippen molar-refractivity contribution >= 4 is 11.9 Å². The first-order valence-corrected chi connectivity index (χ1v) is 6.07. The van der Waals surface area contributed by atoms with Crippen molar-refractivity contribution in [1.82, 2.24) is 14.9 Å². The maximum Gasteiger partial charge on any atom is 0.356 e. The normalized spacial score (nSPS) is 14.9. The molecule has 0 aromatic carbocycles. The first-order valence-electron chi connectivity index (χ1n) is 6.07. The van der Waals surface area contributed by atoms with Crippen LogP contribution < -0.4 is 0 Å². The number of hydrogen-bond acceptors (Lipinski definition) is 6. The van der Waals surface area contributed by atoms with Gasteiger partial charge in [-0.25, -0.2) is 14.8 Å². The zero-order chi connectivity index (χ0) is 14.5. The fourth-order valence-corrected chi connectivity index (χ4v) is 1.72. The van der Waals surface area contributed by atoms with Gasteiger partial charge in [0.15, 0.2) is 5.69 Å². The van der Waals surface area contributed by atoms with Gasteiger partial charge in [0.25, 0.3) is 5.91 Å². The Labute approximate surface area is 115 Å². The highest BCUT2D eigenvalue weighted by Gasteiger charge is 2.32. The third kappa shape index (κ3) is 3.28. The monoisotopic (exact) mass is 281 g/mol. The van der Waals surface area contributed by atoms with Crippen molar-refractivity contribution in [1.29, 1.82) is 0 Å². The molecule has 2 rings (SSSR count). The van der Waals surface area contributed by atoms with Crippen LogP contribution in [0.4, 0.5) is 0 Å². The number of aromatic nitrogens is 2. The number of methoxy groups -OCH3 is 1. The van der Waals surface area contributed by atoms with E-state index in [0.29, 0.717) is 26.3 Å². The Bertz CT molecular complexity index is 484. The lowest BCUT2D eigenvalue weighted by molar-refractivity contribution is -0.0556. The van der Waals surface area contributed by atoms with E-state index in [4.69, 9.17) is 14.6 Å². The Hall–Kier alpha value is -2.06. The van der Waals surface area contributed by atoms with Gasteiger partial charge in [0.2, 0.25) is 0 Å². The number of hydrogen-bond donors (Lipinski definition) is 1. The minimum absolute atomic E-state index is 0.0142. The summed E-state index contributed by atoms with van der Waals surface area (Å²) in [4.78, 5) is 31.6. The average Bonchev–Trinajstić information content (AvgIpc) is 2.41. The maximum atomic E-state index is 12.0. The molecular weight excluding hydrogens is 266 g/mol. The largest absolute Gasteiger partial charge is 0.476 e. The van der Waals surface area contributed by atoms with E-state index in [9.17, 15) is 9.59 Å². The lowest BCUT2D eigenvalue weighted by atomic mass is 10.1. The Kier molecular flexibility index (Phi) is 4.59. The molecule has 0 unspecified atom stereocenters. The van der Waals surface area contributed by atoms with Gasteiger partial charge >= 0.3 is 5.97 Å². The standard InChI is InChI=1S/C12H15N3O5/c1-19-2-3-20-8-6-15(7-8)11(16)9-4-14-10(5-13-9)12(17)18/h4-5,8H,2-3,6-7H2,1H3,(H,17,18). The third-order valence-electron chi connectivity index (χ3n) is 2.87. The van der Waals surface area contributed by atoms with E-state index in [0.717, 1.165) is 6.20 Å². The van der Waals surface area contributed by atoms with Crippen molar-refractivity contribution < 1.29 is 24.2 Å². The van der Waals surface area contributed by atoms with Crippen LogP contribution in [0.2, 0.25) is 0 Å². The van der Waals surface area contributed by atoms with Crippen molar-refractivity contribution in [2.24, 2.45) is 0 Å². The second-order valence-electron chi connectivity index (χ2n) is 4.29. The minimum atomic E-state index is -1.17. The molecule has 1 fully saturated rings. The van der Waals surface area contributed by atoms with Crippen LogP contribution in [-0.4, -0.2) is 71.4 Å². The first-order chi connectivity index (χ1) is 9.61. The predicted molar refractivity (Wildman–Crippen MR) is 66.5 cm³/mol. The molecule has 0 bridgehead atoms. The highest BCUT2D eigenvalue weighted by Crippen LogP contribution is 2.14. The van der Waals surface area contributed by atoms with E-state index >= 15 is 0 Å². The lowest BCUT2D eigenvalue weighted by Gasteiger charge is -2.38. The van der Waals surface area contributed by atoms with Gasteiger partial charge in [-0.1, -0.05) is 0 Å². The molecule has 2 heterocycles. The summed E-state index contributed by atoms with van der Waals surface area (Å²) in [6.07, 6.45) is 2.26. The van der Waals surface area contributed by atoms with Gasteiger partial charge in [0, 0.05) is 20.2 Å². The smallest absolute Gasteiger partial charge is 0.356 e. The Morgan fingerprint density at radius 3 is 2.50 bits per heavy atom. The zero-order valence-electron chi connectivity index (χ0n) is 11.0. The van der Waals surface area contributed by atoms with Crippen LogP contribution >= 0.6 is 0 Å². The van der Waals surface area contributed by atoms with Crippen LogP contribution in [0.5, 0.6) is 0 Å². The molecule has 1 aromatic rings. The van der Waals surface area contributed by atoms with Crippen LogP contribution in [0.25, 0.3) is 0 Å². The van der Waals surface area contributed by atoms with Crippen LogP contribution in [0.15, 0.2) is 12.4 Å². The topological polar surface area (TPSA) is 102 Å². The van der Waals surface area contributed by atoms with E-state index in [-0.39, 0.29) is 23.4 Å². The highest BCUT2D eigenvalue weighted by molar-refractivity contribution is 5.93. The number of likely N-dealkylation sites (tertiary alicyclic amines) is 1. The van der Waals surface area contributed by atoms with Gasteiger partial charge < -0.3 is 19.5 Å². The number of aromatic carboxylic acids is 1. The van der Waals surface area contributed by atoms with Crippen LogP contribution in [0, 0.1) is 0 Å². The lowest BCUT2D eigenvalue weighted by Crippen LogP contribution is -2.55. The molecule has 20 heavy (non-hydrogen) atoms. The van der Waals surface area contributed by atoms with Gasteiger partial charge in [-0.2, -0.15) is 0 Å². The molecule has 1 aliphatic rings. The van der Waals surface area contributed by atoms with Crippen LogP contribution in [-0.2, 0) is 9.47 Å². The number of carbonyl (C=O) groups is 2. The molecule has 1 amide bonds. The number of ether oxygens (including phenoxy) is 2.